The summed E-state index contributed by atoms with van der Waals surface area (Å²) in [6.45, 7) is 10.2. The van der Waals surface area contributed by atoms with Gasteiger partial charge in [-0.05, 0) is 58.1 Å². The molecule has 0 unspecified atom stereocenters. The summed E-state index contributed by atoms with van der Waals surface area (Å²) < 4.78 is 14.6. The smallest absolute Gasteiger partial charge is 0.399 e. The highest BCUT2D eigenvalue weighted by molar-refractivity contribution is 6.62. The summed E-state index contributed by atoms with van der Waals surface area (Å²) in [5.74, 6) is 2.76. The molecule has 1 aliphatic heterocycles. The molecule has 0 atom stereocenters. The fraction of sp³-hybridized carbons (Fsp3) is 0.259. The molecule has 0 radical (unpaired) electrons. The van der Waals surface area contributed by atoms with Gasteiger partial charge < -0.3 is 9.31 Å². The van der Waals surface area contributed by atoms with Crippen LogP contribution in [0.1, 0.15) is 45.9 Å². The van der Waals surface area contributed by atoms with E-state index in [1.165, 1.54) is 0 Å². The maximum Gasteiger partial charge on any atom is 0.494 e. The normalized spacial score (nSPS) is 17.3. The first kappa shape index (κ1) is 21.5. The number of pyridine rings is 2. The van der Waals surface area contributed by atoms with Gasteiger partial charge in [0.2, 0.25) is 0 Å². The predicted octanol–water partition coefficient (Wildman–Crippen LogP) is 4.86. The fourth-order valence-corrected chi connectivity index (χ4v) is 4.19. The van der Waals surface area contributed by atoms with Gasteiger partial charge in [0.15, 0.2) is 0 Å². The minimum Gasteiger partial charge on any atom is -0.399 e. The van der Waals surface area contributed by atoms with Crippen LogP contribution in [0.5, 0.6) is 0 Å². The molecule has 5 nitrogen and oxygen atoms in total. The van der Waals surface area contributed by atoms with Crippen LogP contribution in [0.25, 0.3) is 34.0 Å². The third-order valence-corrected chi connectivity index (χ3v) is 6.64. The molecule has 1 saturated heterocycles. The lowest BCUT2D eigenvalue weighted by molar-refractivity contribution is 0.00578. The van der Waals surface area contributed by atoms with E-state index in [2.05, 4.69) is 44.1 Å². The molecule has 6 heteroatoms. The van der Waals surface area contributed by atoms with Crippen molar-refractivity contribution in [2.45, 2.75) is 45.8 Å². The van der Waals surface area contributed by atoms with Crippen LogP contribution in [-0.2, 0) is 9.31 Å². The molecule has 0 aliphatic carbocycles. The number of imidazole rings is 1. The Hall–Kier alpha value is -3.40. The largest absolute Gasteiger partial charge is 0.494 e. The monoisotopic (exact) mass is 435 g/mol. The summed E-state index contributed by atoms with van der Waals surface area (Å²) in [6.07, 6.45) is 11.8. The lowest BCUT2D eigenvalue weighted by Crippen LogP contribution is -2.41. The first-order valence-corrected chi connectivity index (χ1v) is 11.1. The molecule has 1 fully saturated rings. The number of fused-ring (bicyclic) bond motifs is 3. The van der Waals surface area contributed by atoms with E-state index in [1.807, 2.05) is 61.7 Å². The van der Waals surface area contributed by atoms with Gasteiger partial charge >= 0.3 is 7.12 Å². The third-order valence-electron chi connectivity index (χ3n) is 6.64. The average Bonchev–Trinajstić information content (AvgIpc) is 3.28. The van der Waals surface area contributed by atoms with Crippen LogP contribution in [0.3, 0.4) is 0 Å². The van der Waals surface area contributed by atoms with E-state index < -0.39 is 18.3 Å². The predicted molar refractivity (Wildman–Crippen MR) is 134 cm³/mol. The van der Waals surface area contributed by atoms with Gasteiger partial charge in [-0.1, -0.05) is 42.5 Å². The van der Waals surface area contributed by atoms with Crippen molar-refractivity contribution in [3.63, 3.8) is 0 Å². The average molecular weight is 435 g/mol. The van der Waals surface area contributed by atoms with Gasteiger partial charge in [-0.3, -0.25) is 4.40 Å². The molecule has 0 bridgehead atoms. The van der Waals surface area contributed by atoms with Gasteiger partial charge in [-0.2, -0.15) is 0 Å². The highest BCUT2D eigenvalue weighted by atomic mass is 16.7. The minimum absolute atomic E-state index is 0.411. The molecule has 1 aliphatic rings. The van der Waals surface area contributed by atoms with Crippen LogP contribution in [0.15, 0.2) is 54.7 Å². The van der Waals surface area contributed by atoms with E-state index in [-0.39, 0.29) is 0 Å². The van der Waals surface area contributed by atoms with E-state index in [1.54, 1.807) is 0 Å². The van der Waals surface area contributed by atoms with Gasteiger partial charge in [0, 0.05) is 17.3 Å². The summed E-state index contributed by atoms with van der Waals surface area (Å²) >= 11 is 0. The lowest BCUT2D eigenvalue weighted by Gasteiger charge is -2.32. The Morgan fingerprint density at radius 1 is 1.03 bits per heavy atom. The standard InChI is InChI=1S/C27H26BN3O2/c1-7-12-20-21(8-2)29-23(25-24(20)30-22-15-9-10-16-31(22)25)18-13-11-14-19(17-18)28-32-26(3,4)27(5,6)33-28/h2,7,9-17H,1,3-6H3/b12-7-. The number of allylic oxidation sites excluding steroid dienone is 1. The summed E-state index contributed by atoms with van der Waals surface area (Å²) in [4.78, 5) is 9.82. The van der Waals surface area contributed by atoms with Crippen molar-refractivity contribution < 1.29 is 9.31 Å². The van der Waals surface area contributed by atoms with Crippen molar-refractivity contribution in [1.29, 1.82) is 0 Å². The van der Waals surface area contributed by atoms with Crippen LogP contribution < -0.4 is 5.46 Å². The topological polar surface area (TPSA) is 48.7 Å². The quantitative estimate of drug-likeness (QED) is 0.341. The van der Waals surface area contributed by atoms with Crippen LogP contribution >= 0.6 is 0 Å². The molecule has 0 N–H and O–H groups in total. The summed E-state index contributed by atoms with van der Waals surface area (Å²) in [5, 5.41) is 0. The molecule has 0 amide bonds. The van der Waals surface area contributed by atoms with Crippen LogP contribution in [0.4, 0.5) is 0 Å². The van der Waals surface area contributed by atoms with Crippen molar-refractivity contribution in [2.24, 2.45) is 0 Å². The zero-order valence-corrected chi connectivity index (χ0v) is 19.6. The van der Waals surface area contributed by atoms with Crippen LogP contribution in [-0.4, -0.2) is 32.7 Å². The summed E-state index contributed by atoms with van der Waals surface area (Å²) in [6, 6.07) is 14.1. The van der Waals surface area contributed by atoms with Crippen molar-refractivity contribution in [1.82, 2.24) is 14.4 Å². The first-order chi connectivity index (χ1) is 15.8. The molecular weight excluding hydrogens is 409 g/mol. The molecule has 33 heavy (non-hydrogen) atoms. The van der Waals surface area contributed by atoms with Gasteiger partial charge in [-0.25, -0.2) is 9.97 Å². The second kappa shape index (κ2) is 7.59. The number of nitrogens with zero attached hydrogens (tertiary/aromatic N) is 3. The molecular formula is C27H26BN3O2. The van der Waals surface area contributed by atoms with E-state index in [4.69, 9.17) is 25.7 Å². The zero-order chi connectivity index (χ0) is 23.4. The molecule has 1 aromatic carbocycles. The van der Waals surface area contributed by atoms with E-state index in [9.17, 15) is 0 Å². The summed E-state index contributed by atoms with van der Waals surface area (Å²) in [5.41, 5.74) is 5.85. The van der Waals surface area contributed by atoms with E-state index in [0.717, 1.165) is 39.0 Å². The van der Waals surface area contributed by atoms with Gasteiger partial charge in [0.25, 0.3) is 0 Å². The maximum absolute atomic E-state index is 6.28. The van der Waals surface area contributed by atoms with Gasteiger partial charge in [0.05, 0.1) is 16.9 Å². The van der Waals surface area contributed by atoms with Crippen molar-refractivity contribution in [3.8, 4) is 23.6 Å². The maximum atomic E-state index is 6.28. The summed E-state index contributed by atoms with van der Waals surface area (Å²) in [7, 11) is -0.456. The Balaban J connectivity index is 1.74. The Kier molecular flexibility index (Phi) is 4.93. The van der Waals surface area contributed by atoms with Crippen molar-refractivity contribution >= 4 is 35.3 Å². The third kappa shape index (κ3) is 3.36. The molecule has 4 heterocycles. The Morgan fingerprint density at radius 2 is 1.79 bits per heavy atom. The molecule has 0 saturated carbocycles. The zero-order valence-electron chi connectivity index (χ0n) is 19.6. The van der Waals surface area contributed by atoms with Crippen molar-refractivity contribution in [3.05, 3.63) is 66.0 Å². The highest BCUT2D eigenvalue weighted by Gasteiger charge is 2.51. The van der Waals surface area contributed by atoms with Crippen LogP contribution in [0, 0.1) is 12.3 Å². The SMILES string of the molecule is C#Cc1nc(-c2cccc(B3OC(C)(C)C(C)(C)O3)c2)c2c(nc3ccccn32)c1/C=C\C. The number of hydrogen-bond acceptors (Lipinski definition) is 4. The Morgan fingerprint density at radius 3 is 2.48 bits per heavy atom. The molecule has 164 valence electrons. The number of terminal acetylenes is 1. The van der Waals surface area contributed by atoms with Gasteiger partial charge in [-0.15, -0.1) is 6.42 Å². The van der Waals surface area contributed by atoms with Crippen LogP contribution in [0.2, 0.25) is 0 Å². The van der Waals surface area contributed by atoms with E-state index >= 15 is 0 Å². The molecule has 0 spiro atoms. The molecule has 5 rings (SSSR count). The van der Waals surface area contributed by atoms with Crippen molar-refractivity contribution in [2.75, 3.05) is 0 Å². The minimum atomic E-state index is -0.456. The highest BCUT2D eigenvalue weighted by Crippen LogP contribution is 2.37. The second-order valence-electron chi connectivity index (χ2n) is 9.32. The number of benzene rings is 1. The van der Waals surface area contributed by atoms with E-state index in [0.29, 0.717) is 5.69 Å². The van der Waals surface area contributed by atoms with Gasteiger partial charge in [0.1, 0.15) is 22.4 Å². The molecule has 4 aromatic rings. The second-order valence-corrected chi connectivity index (χ2v) is 9.32. The Labute approximate surface area is 194 Å². The number of rotatable bonds is 3. The first-order valence-electron chi connectivity index (χ1n) is 11.1. The molecule has 3 aromatic heterocycles. The lowest BCUT2D eigenvalue weighted by atomic mass is 9.78. The fourth-order valence-electron chi connectivity index (χ4n) is 4.19. The number of hydrogen-bond donors (Lipinski definition) is 0. The number of aromatic nitrogens is 3. The Bertz CT molecular complexity index is 1440.